The number of H-pyrrole nitrogens is 1. The van der Waals surface area contributed by atoms with Gasteiger partial charge < -0.3 is 16.4 Å². The Morgan fingerprint density at radius 2 is 2.00 bits per heavy atom. The second-order valence-electron chi connectivity index (χ2n) is 6.60. The number of urea groups is 1. The molecule has 5 N–H and O–H groups in total. The highest BCUT2D eigenvalue weighted by atomic mass is 16.2. The number of anilines is 1. The van der Waals surface area contributed by atoms with Crippen LogP contribution in [0.2, 0.25) is 0 Å². The van der Waals surface area contributed by atoms with E-state index in [1.54, 1.807) is 6.07 Å². The molecular formula is C14H25N5O2. The molecule has 118 valence electrons. The average Bonchev–Trinajstić information content (AvgIpc) is 2.74. The predicted molar refractivity (Wildman–Crippen MR) is 81.9 cm³/mol. The molecule has 1 unspecified atom stereocenters. The number of hydrogen-bond donors (Lipinski definition) is 4. The number of nitrogens with two attached hydrogens (primary N) is 1. The standard InChI is InChI=1S/C14H25N5O2/c1-8(2)6-9(16-13(15)21)12(20)17-11-7-10(18-19-11)14(3,4)5/h7-9H,6H2,1-5H3,(H3,15,16,21)(H2,17,18,19,20). The number of amides is 3. The molecule has 0 bridgehead atoms. The number of nitrogens with one attached hydrogen (secondary N) is 3. The van der Waals surface area contributed by atoms with Crippen LogP contribution in [0.25, 0.3) is 0 Å². The highest BCUT2D eigenvalue weighted by molar-refractivity contribution is 5.96. The van der Waals surface area contributed by atoms with Crippen LogP contribution >= 0.6 is 0 Å². The molecule has 1 aromatic heterocycles. The molecule has 0 saturated carbocycles. The monoisotopic (exact) mass is 295 g/mol. The maximum absolute atomic E-state index is 12.2. The van der Waals surface area contributed by atoms with Crippen molar-refractivity contribution in [3.8, 4) is 0 Å². The lowest BCUT2D eigenvalue weighted by Crippen LogP contribution is -2.46. The Kier molecular flexibility index (Phi) is 5.34. The van der Waals surface area contributed by atoms with E-state index in [1.807, 2.05) is 34.6 Å². The highest BCUT2D eigenvalue weighted by Gasteiger charge is 2.23. The van der Waals surface area contributed by atoms with Gasteiger partial charge in [0.1, 0.15) is 6.04 Å². The van der Waals surface area contributed by atoms with Crippen molar-refractivity contribution >= 4 is 17.8 Å². The van der Waals surface area contributed by atoms with Crippen molar-refractivity contribution in [2.45, 2.75) is 52.5 Å². The van der Waals surface area contributed by atoms with E-state index >= 15 is 0 Å². The zero-order valence-electron chi connectivity index (χ0n) is 13.3. The van der Waals surface area contributed by atoms with Crippen LogP contribution in [0.5, 0.6) is 0 Å². The molecule has 1 heterocycles. The second kappa shape index (κ2) is 6.60. The van der Waals surface area contributed by atoms with Crippen LogP contribution in [0.3, 0.4) is 0 Å². The number of hydrogen-bond acceptors (Lipinski definition) is 3. The lowest BCUT2D eigenvalue weighted by Gasteiger charge is -2.18. The van der Waals surface area contributed by atoms with E-state index in [0.717, 1.165) is 5.69 Å². The molecule has 1 rings (SSSR count). The Morgan fingerprint density at radius 1 is 1.38 bits per heavy atom. The van der Waals surface area contributed by atoms with Crippen LogP contribution in [0, 0.1) is 5.92 Å². The zero-order chi connectivity index (χ0) is 16.2. The topological polar surface area (TPSA) is 113 Å². The fraction of sp³-hybridized carbons (Fsp3) is 0.643. The molecule has 21 heavy (non-hydrogen) atoms. The number of aromatic nitrogens is 2. The minimum Gasteiger partial charge on any atom is -0.352 e. The smallest absolute Gasteiger partial charge is 0.312 e. The van der Waals surface area contributed by atoms with E-state index in [1.165, 1.54) is 0 Å². The van der Waals surface area contributed by atoms with Gasteiger partial charge in [-0.05, 0) is 12.3 Å². The molecule has 0 aromatic carbocycles. The molecule has 0 aliphatic heterocycles. The van der Waals surface area contributed by atoms with Gasteiger partial charge in [-0.15, -0.1) is 0 Å². The molecule has 7 heteroatoms. The molecule has 0 radical (unpaired) electrons. The van der Waals surface area contributed by atoms with Crippen LogP contribution < -0.4 is 16.4 Å². The predicted octanol–water partition coefficient (Wildman–Crippen LogP) is 1.73. The third-order valence-electron chi connectivity index (χ3n) is 2.98. The Labute approximate surface area is 125 Å². The second-order valence-corrected chi connectivity index (χ2v) is 6.60. The summed E-state index contributed by atoms with van der Waals surface area (Å²) in [5.74, 6) is 0.358. The van der Waals surface area contributed by atoms with Crippen molar-refractivity contribution in [3.63, 3.8) is 0 Å². The summed E-state index contributed by atoms with van der Waals surface area (Å²) in [6.45, 7) is 10.1. The van der Waals surface area contributed by atoms with E-state index in [-0.39, 0.29) is 17.2 Å². The van der Waals surface area contributed by atoms with Crippen LogP contribution in [0.1, 0.15) is 46.7 Å². The fourth-order valence-electron chi connectivity index (χ4n) is 1.86. The Bertz CT molecular complexity index is 502. The SMILES string of the molecule is CC(C)CC(NC(N)=O)C(=O)Nc1cc(C(C)(C)C)[nH]n1. The molecule has 0 saturated heterocycles. The van der Waals surface area contributed by atoms with Crippen LogP contribution in [-0.2, 0) is 10.2 Å². The normalized spacial score (nSPS) is 13.0. The van der Waals surface area contributed by atoms with E-state index < -0.39 is 12.1 Å². The van der Waals surface area contributed by atoms with Gasteiger partial charge in [-0.1, -0.05) is 34.6 Å². The van der Waals surface area contributed by atoms with Gasteiger partial charge in [-0.2, -0.15) is 5.10 Å². The highest BCUT2D eigenvalue weighted by Crippen LogP contribution is 2.22. The third kappa shape index (κ3) is 5.45. The zero-order valence-corrected chi connectivity index (χ0v) is 13.3. The minimum absolute atomic E-state index is 0.0845. The average molecular weight is 295 g/mol. The van der Waals surface area contributed by atoms with Gasteiger partial charge in [0.15, 0.2) is 5.82 Å². The van der Waals surface area contributed by atoms with Crippen molar-refractivity contribution < 1.29 is 9.59 Å². The van der Waals surface area contributed by atoms with Gasteiger partial charge in [0.05, 0.1) is 0 Å². The number of nitrogens with zero attached hydrogens (tertiary/aromatic N) is 1. The molecule has 1 atom stereocenters. The first kappa shape index (κ1) is 17.0. The van der Waals surface area contributed by atoms with Crippen molar-refractivity contribution in [2.75, 3.05) is 5.32 Å². The van der Waals surface area contributed by atoms with Gasteiger partial charge in [0.2, 0.25) is 5.91 Å². The van der Waals surface area contributed by atoms with Crippen molar-refractivity contribution in [1.82, 2.24) is 15.5 Å². The Morgan fingerprint density at radius 3 is 2.43 bits per heavy atom. The molecule has 0 fully saturated rings. The van der Waals surface area contributed by atoms with Crippen LogP contribution in [0.15, 0.2) is 6.07 Å². The molecule has 0 aliphatic rings. The number of carbonyl (C=O) groups is 2. The van der Waals surface area contributed by atoms with E-state index in [0.29, 0.717) is 12.2 Å². The quantitative estimate of drug-likeness (QED) is 0.663. The Hall–Kier alpha value is -2.05. The minimum atomic E-state index is -0.715. The van der Waals surface area contributed by atoms with Crippen molar-refractivity contribution in [2.24, 2.45) is 11.7 Å². The first-order valence-corrected chi connectivity index (χ1v) is 7.02. The summed E-state index contributed by atoms with van der Waals surface area (Å²) < 4.78 is 0. The maximum Gasteiger partial charge on any atom is 0.312 e. The van der Waals surface area contributed by atoms with Gasteiger partial charge in [-0.25, -0.2) is 4.79 Å². The van der Waals surface area contributed by atoms with Crippen molar-refractivity contribution in [1.29, 1.82) is 0 Å². The lowest BCUT2D eigenvalue weighted by atomic mass is 9.92. The van der Waals surface area contributed by atoms with Gasteiger partial charge in [-0.3, -0.25) is 9.89 Å². The number of carbonyl (C=O) groups excluding carboxylic acids is 2. The number of aromatic amines is 1. The fourth-order valence-corrected chi connectivity index (χ4v) is 1.86. The van der Waals surface area contributed by atoms with Crippen molar-refractivity contribution in [3.05, 3.63) is 11.8 Å². The first-order valence-electron chi connectivity index (χ1n) is 7.02. The molecule has 0 aliphatic carbocycles. The summed E-state index contributed by atoms with van der Waals surface area (Å²) in [7, 11) is 0. The lowest BCUT2D eigenvalue weighted by molar-refractivity contribution is -0.118. The van der Waals surface area contributed by atoms with E-state index in [2.05, 4.69) is 20.8 Å². The summed E-state index contributed by atoms with van der Waals surface area (Å²) in [5.41, 5.74) is 5.94. The van der Waals surface area contributed by atoms with E-state index in [4.69, 9.17) is 5.73 Å². The van der Waals surface area contributed by atoms with Gasteiger partial charge in [0.25, 0.3) is 0 Å². The van der Waals surface area contributed by atoms with Crippen LogP contribution in [0.4, 0.5) is 10.6 Å². The molecular weight excluding hydrogens is 270 g/mol. The molecule has 1 aromatic rings. The van der Waals surface area contributed by atoms with E-state index in [9.17, 15) is 9.59 Å². The van der Waals surface area contributed by atoms with Gasteiger partial charge >= 0.3 is 6.03 Å². The third-order valence-corrected chi connectivity index (χ3v) is 2.98. The largest absolute Gasteiger partial charge is 0.352 e. The van der Waals surface area contributed by atoms with Crippen LogP contribution in [-0.4, -0.2) is 28.2 Å². The molecule has 3 amide bonds. The Balaban J connectivity index is 2.76. The molecule has 0 spiro atoms. The number of primary amides is 1. The number of rotatable bonds is 5. The summed E-state index contributed by atoms with van der Waals surface area (Å²) in [4.78, 5) is 23.2. The first-order chi connectivity index (χ1) is 9.59. The maximum atomic E-state index is 12.2. The molecule has 7 nitrogen and oxygen atoms in total. The van der Waals surface area contributed by atoms with Gasteiger partial charge in [0, 0.05) is 17.2 Å². The summed E-state index contributed by atoms with van der Waals surface area (Å²) in [6.07, 6.45) is 0.505. The summed E-state index contributed by atoms with van der Waals surface area (Å²) in [5, 5.41) is 12.1. The summed E-state index contributed by atoms with van der Waals surface area (Å²) in [6, 6.07) is 0.403. The summed E-state index contributed by atoms with van der Waals surface area (Å²) >= 11 is 0.